The molecule has 0 bridgehead atoms. The van der Waals surface area contributed by atoms with Crippen LogP contribution in [0.2, 0.25) is 15.1 Å². The minimum absolute atomic E-state index is 0.0815. The van der Waals surface area contributed by atoms with Gasteiger partial charge >= 0.3 is 0 Å². The Bertz CT molecular complexity index is 936. The summed E-state index contributed by atoms with van der Waals surface area (Å²) < 4.78 is 10.8. The molecule has 8 heteroatoms. The maximum atomic E-state index is 12.5. The smallest absolute Gasteiger partial charge is 0.278 e. The lowest BCUT2D eigenvalue weighted by Crippen LogP contribution is -2.15. The summed E-state index contributed by atoms with van der Waals surface area (Å²) >= 11 is 18.0. The van der Waals surface area contributed by atoms with E-state index in [0.717, 1.165) is 0 Å². The van der Waals surface area contributed by atoms with Gasteiger partial charge in [0.05, 0.1) is 10.6 Å². The van der Waals surface area contributed by atoms with Crippen LogP contribution in [0.1, 0.15) is 21.8 Å². The monoisotopic (exact) mass is 410 g/mol. The highest BCUT2D eigenvalue weighted by Gasteiger charge is 2.21. The number of hydrogen-bond acceptors (Lipinski definition) is 4. The van der Waals surface area contributed by atoms with Crippen LogP contribution in [-0.2, 0) is 6.61 Å². The highest BCUT2D eigenvalue weighted by atomic mass is 35.5. The summed E-state index contributed by atoms with van der Waals surface area (Å²) in [7, 11) is 0. The highest BCUT2D eigenvalue weighted by molar-refractivity contribution is 6.35. The number of hydrogen-bond donors (Lipinski definition) is 1. The van der Waals surface area contributed by atoms with E-state index in [9.17, 15) is 4.79 Å². The molecule has 0 unspecified atom stereocenters. The maximum Gasteiger partial charge on any atom is 0.278 e. The van der Waals surface area contributed by atoms with Gasteiger partial charge in [0.2, 0.25) is 0 Å². The van der Waals surface area contributed by atoms with Crippen LogP contribution in [0.3, 0.4) is 0 Å². The molecule has 0 atom stereocenters. The molecule has 2 aromatic carbocycles. The summed E-state index contributed by atoms with van der Waals surface area (Å²) in [6, 6.07) is 11.8. The lowest BCUT2D eigenvalue weighted by Gasteiger charge is -2.09. The first-order valence-electron chi connectivity index (χ1n) is 7.54. The van der Waals surface area contributed by atoms with E-state index in [0.29, 0.717) is 37.8 Å². The summed E-state index contributed by atoms with van der Waals surface area (Å²) in [6.07, 6.45) is 0. The molecule has 1 heterocycles. The Balaban J connectivity index is 1.78. The van der Waals surface area contributed by atoms with Crippen molar-refractivity contribution < 1.29 is 14.1 Å². The predicted octanol–water partition coefficient (Wildman–Crippen LogP) is 5.77. The van der Waals surface area contributed by atoms with Crippen LogP contribution in [0.15, 0.2) is 47.0 Å². The summed E-state index contributed by atoms with van der Waals surface area (Å²) in [6.45, 7) is 1.78. The van der Waals surface area contributed by atoms with Gasteiger partial charge in [0.1, 0.15) is 18.1 Å². The Labute approximate surface area is 164 Å². The minimum atomic E-state index is -0.460. The van der Waals surface area contributed by atoms with E-state index < -0.39 is 5.91 Å². The number of halogens is 3. The third-order valence-corrected chi connectivity index (χ3v) is 4.28. The molecule has 0 radical (unpaired) electrons. The Morgan fingerprint density at radius 3 is 2.54 bits per heavy atom. The molecule has 0 aliphatic carbocycles. The summed E-state index contributed by atoms with van der Waals surface area (Å²) in [4.78, 5) is 12.5. The number of carbonyl (C=O) groups is 1. The molecule has 0 spiro atoms. The molecule has 3 aromatic rings. The van der Waals surface area contributed by atoms with Gasteiger partial charge in [-0.3, -0.25) is 4.79 Å². The SMILES string of the molecule is Cc1onc(C(=O)Nc2cc(Cl)cc(Cl)c2)c1COc1ccccc1Cl. The number of amides is 1. The van der Waals surface area contributed by atoms with Gasteiger partial charge in [-0.25, -0.2) is 0 Å². The Hall–Kier alpha value is -2.21. The number of nitrogens with one attached hydrogen (secondary N) is 1. The first-order chi connectivity index (χ1) is 12.4. The molecule has 0 saturated carbocycles. The van der Waals surface area contributed by atoms with E-state index in [1.54, 1.807) is 49.4 Å². The number of aryl methyl sites for hydroxylation is 1. The van der Waals surface area contributed by atoms with E-state index in [-0.39, 0.29) is 12.3 Å². The standard InChI is InChI=1S/C18H13Cl3N2O3/c1-10-14(9-25-16-5-3-2-4-15(16)21)17(23-26-10)18(24)22-13-7-11(19)6-12(20)8-13/h2-8H,9H2,1H3,(H,22,24). The van der Waals surface area contributed by atoms with Crippen molar-refractivity contribution in [1.82, 2.24) is 5.16 Å². The van der Waals surface area contributed by atoms with Gasteiger partial charge in [-0.05, 0) is 37.3 Å². The molecule has 0 fully saturated rings. The predicted molar refractivity (Wildman–Crippen MR) is 101 cm³/mol. The van der Waals surface area contributed by atoms with Crippen molar-refractivity contribution in [3.05, 3.63) is 74.6 Å². The third kappa shape index (κ3) is 4.30. The quantitative estimate of drug-likeness (QED) is 0.578. The van der Waals surface area contributed by atoms with E-state index >= 15 is 0 Å². The fraction of sp³-hybridized carbons (Fsp3) is 0.111. The zero-order chi connectivity index (χ0) is 18.7. The van der Waals surface area contributed by atoms with Crippen molar-refractivity contribution >= 4 is 46.4 Å². The Morgan fingerprint density at radius 2 is 1.85 bits per heavy atom. The lowest BCUT2D eigenvalue weighted by molar-refractivity contribution is 0.101. The fourth-order valence-electron chi connectivity index (χ4n) is 2.27. The average molecular weight is 412 g/mol. The molecule has 1 amide bonds. The second-order valence-electron chi connectivity index (χ2n) is 5.40. The zero-order valence-corrected chi connectivity index (χ0v) is 15.8. The molecular weight excluding hydrogens is 399 g/mol. The van der Waals surface area contributed by atoms with Crippen LogP contribution in [-0.4, -0.2) is 11.1 Å². The Morgan fingerprint density at radius 1 is 1.15 bits per heavy atom. The summed E-state index contributed by atoms with van der Waals surface area (Å²) in [5, 5.41) is 7.81. The molecule has 26 heavy (non-hydrogen) atoms. The van der Waals surface area contributed by atoms with Crippen molar-refractivity contribution in [3.8, 4) is 5.75 Å². The average Bonchev–Trinajstić information content (AvgIpc) is 2.94. The van der Waals surface area contributed by atoms with Gasteiger partial charge in [-0.1, -0.05) is 52.1 Å². The number of ether oxygens (including phenoxy) is 1. The van der Waals surface area contributed by atoms with Gasteiger partial charge in [0.25, 0.3) is 5.91 Å². The molecule has 1 aromatic heterocycles. The number of benzene rings is 2. The fourth-order valence-corrected chi connectivity index (χ4v) is 2.98. The molecule has 134 valence electrons. The second-order valence-corrected chi connectivity index (χ2v) is 6.68. The third-order valence-electron chi connectivity index (χ3n) is 3.53. The van der Waals surface area contributed by atoms with Crippen LogP contribution >= 0.6 is 34.8 Å². The van der Waals surface area contributed by atoms with Crippen molar-refractivity contribution in [3.63, 3.8) is 0 Å². The highest BCUT2D eigenvalue weighted by Crippen LogP contribution is 2.26. The van der Waals surface area contributed by atoms with Gasteiger partial charge in [0.15, 0.2) is 5.69 Å². The van der Waals surface area contributed by atoms with Crippen molar-refractivity contribution in [2.45, 2.75) is 13.5 Å². The van der Waals surface area contributed by atoms with Gasteiger partial charge in [-0.2, -0.15) is 0 Å². The number of carbonyl (C=O) groups excluding carboxylic acids is 1. The maximum absolute atomic E-state index is 12.5. The normalized spacial score (nSPS) is 10.6. The number of rotatable bonds is 5. The van der Waals surface area contributed by atoms with E-state index in [2.05, 4.69) is 10.5 Å². The molecular formula is C18H13Cl3N2O3. The van der Waals surface area contributed by atoms with Crippen LogP contribution < -0.4 is 10.1 Å². The molecule has 1 N–H and O–H groups in total. The number of aromatic nitrogens is 1. The molecule has 0 aliphatic heterocycles. The summed E-state index contributed by atoms with van der Waals surface area (Å²) in [5.74, 6) is 0.520. The lowest BCUT2D eigenvalue weighted by atomic mass is 10.2. The first-order valence-corrected chi connectivity index (χ1v) is 8.67. The summed E-state index contributed by atoms with van der Waals surface area (Å²) in [5.41, 5.74) is 1.09. The van der Waals surface area contributed by atoms with Crippen LogP contribution in [0, 0.1) is 6.92 Å². The van der Waals surface area contributed by atoms with Crippen molar-refractivity contribution in [2.24, 2.45) is 0 Å². The van der Waals surface area contributed by atoms with Crippen LogP contribution in [0.4, 0.5) is 5.69 Å². The van der Waals surface area contributed by atoms with E-state index in [1.807, 2.05) is 0 Å². The Kier molecular flexibility index (Phi) is 5.71. The van der Waals surface area contributed by atoms with E-state index in [4.69, 9.17) is 44.1 Å². The number of anilines is 1. The van der Waals surface area contributed by atoms with E-state index in [1.165, 1.54) is 0 Å². The minimum Gasteiger partial charge on any atom is -0.487 e. The molecule has 0 aliphatic rings. The number of nitrogens with zero attached hydrogens (tertiary/aromatic N) is 1. The number of para-hydroxylation sites is 1. The van der Waals surface area contributed by atoms with Crippen molar-refractivity contribution in [1.29, 1.82) is 0 Å². The van der Waals surface area contributed by atoms with Crippen LogP contribution in [0.5, 0.6) is 5.75 Å². The molecule has 0 saturated heterocycles. The van der Waals surface area contributed by atoms with Gasteiger partial charge < -0.3 is 14.6 Å². The first kappa shape index (κ1) is 18.6. The second kappa shape index (κ2) is 7.99. The topological polar surface area (TPSA) is 64.4 Å². The zero-order valence-electron chi connectivity index (χ0n) is 13.6. The van der Waals surface area contributed by atoms with Gasteiger partial charge in [0, 0.05) is 15.7 Å². The van der Waals surface area contributed by atoms with Crippen molar-refractivity contribution in [2.75, 3.05) is 5.32 Å². The largest absolute Gasteiger partial charge is 0.487 e. The molecule has 3 rings (SSSR count). The van der Waals surface area contributed by atoms with Gasteiger partial charge in [-0.15, -0.1) is 0 Å². The molecule has 5 nitrogen and oxygen atoms in total. The van der Waals surface area contributed by atoms with Crippen LogP contribution in [0.25, 0.3) is 0 Å².